The second kappa shape index (κ2) is 4.27. The molecule has 1 aromatic rings. The van der Waals surface area contributed by atoms with Crippen LogP contribution in [0.3, 0.4) is 0 Å². The molecule has 15 heavy (non-hydrogen) atoms. The van der Waals surface area contributed by atoms with Crippen LogP contribution >= 0.6 is 15.9 Å². The number of phenolic OH excluding ortho intramolecular Hbond substituents is 1. The monoisotopic (exact) mass is 267 g/mol. The van der Waals surface area contributed by atoms with E-state index in [2.05, 4.69) is 34.2 Å². The van der Waals surface area contributed by atoms with Gasteiger partial charge in [-0.1, -0.05) is 13.0 Å². The van der Waals surface area contributed by atoms with Gasteiger partial charge >= 0.3 is 0 Å². The van der Waals surface area contributed by atoms with Crippen molar-refractivity contribution in [1.29, 1.82) is 0 Å². The molecule has 2 rings (SSSR count). The van der Waals surface area contributed by atoms with Gasteiger partial charge in [-0.25, -0.2) is 0 Å². The average Bonchev–Trinajstić information content (AvgIpc) is 2.75. The van der Waals surface area contributed by atoms with Gasteiger partial charge < -0.3 is 10.4 Å². The van der Waals surface area contributed by atoms with Crippen LogP contribution in [0.1, 0.15) is 24.5 Å². The van der Waals surface area contributed by atoms with Gasteiger partial charge in [0, 0.05) is 17.8 Å². The van der Waals surface area contributed by atoms with Gasteiger partial charge in [0.1, 0.15) is 5.75 Å². The SMILES string of the molecule is CCc1cc(Br)c(O)c(C2=CCCN2)c1. The Morgan fingerprint density at radius 1 is 1.47 bits per heavy atom. The maximum Gasteiger partial charge on any atom is 0.139 e. The fourth-order valence-corrected chi connectivity index (χ4v) is 2.27. The van der Waals surface area contributed by atoms with E-state index in [0.717, 1.165) is 35.1 Å². The summed E-state index contributed by atoms with van der Waals surface area (Å²) in [5, 5.41) is 13.2. The van der Waals surface area contributed by atoms with Crippen LogP contribution in [0.25, 0.3) is 5.70 Å². The molecule has 1 aliphatic rings. The van der Waals surface area contributed by atoms with Crippen molar-refractivity contribution in [2.24, 2.45) is 0 Å². The van der Waals surface area contributed by atoms with Crippen LogP contribution < -0.4 is 5.32 Å². The smallest absolute Gasteiger partial charge is 0.139 e. The van der Waals surface area contributed by atoms with Gasteiger partial charge in [-0.05, 0) is 46.5 Å². The van der Waals surface area contributed by atoms with Crippen LogP contribution in [0.4, 0.5) is 0 Å². The number of phenols is 1. The first-order valence-corrected chi connectivity index (χ1v) is 5.97. The molecule has 0 aliphatic carbocycles. The minimum Gasteiger partial charge on any atom is -0.506 e. The Bertz CT molecular complexity index is 412. The summed E-state index contributed by atoms with van der Waals surface area (Å²) in [7, 11) is 0. The third-order valence-electron chi connectivity index (χ3n) is 2.63. The molecular formula is C12H14BrNO. The summed E-state index contributed by atoms with van der Waals surface area (Å²) in [5.41, 5.74) is 3.17. The highest BCUT2D eigenvalue weighted by Gasteiger charge is 2.13. The lowest BCUT2D eigenvalue weighted by Crippen LogP contribution is -2.06. The van der Waals surface area contributed by atoms with E-state index < -0.39 is 0 Å². The van der Waals surface area contributed by atoms with Crippen molar-refractivity contribution in [3.05, 3.63) is 33.8 Å². The Kier molecular flexibility index (Phi) is 3.00. The van der Waals surface area contributed by atoms with Crippen LogP contribution in [-0.2, 0) is 6.42 Å². The van der Waals surface area contributed by atoms with Gasteiger partial charge in [0.2, 0.25) is 0 Å². The summed E-state index contributed by atoms with van der Waals surface area (Å²) >= 11 is 3.38. The number of rotatable bonds is 2. The molecule has 3 heteroatoms. The highest BCUT2D eigenvalue weighted by molar-refractivity contribution is 9.10. The minimum absolute atomic E-state index is 0.327. The first kappa shape index (κ1) is 10.6. The largest absolute Gasteiger partial charge is 0.506 e. The summed E-state index contributed by atoms with van der Waals surface area (Å²) in [4.78, 5) is 0. The predicted molar refractivity (Wildman–Crippen MR) is 65.8 cm³/mol. The molecule has 1 aliphatic heterocycles. The highest BCUT2D eigenvalue weighted by Crippen LogP contribution is 2.34. The van der Waals surface area contributed by atoms with Crippen molar-refractivity contribution in [1.82, 2.24) is 5.32 Å². The molecule has 0 aromatic heterocycles. The maximum absolute atomic E-state index is 9.95. The fourth-order valence-electron chi connectivity index (χ4n) is 1.77. The Morgan fingerprint density at radius 2 is 2.27 bits per heavy atom. The van der Waals surface area contributed by atoms with Crippen molar-refractivity contribution in [3.63, 3.8) is 0 Å². The first-order valence-electron chi connectivity index (χ1n) is 5.18. The van der Waals surface area contributed by atoms with Crippen LogP contribution in [0.2, 0.25) is 0 Å². The number of hydrogen-bond acceptors (Lipinski definition) is 2. The second-order valence-electron chi connectivity index (χ2n) is 3.66. The number of aromatic hydroxyl groups is 1. The Morgan fingerprint density at radius 3 is 2.87 bits per heavy atom. The standard InChI is InChI=1S/C12H14BrNO/c1-2-8-6-9(11-4-3-5-14-11)12(15)10(13)7-8/h4,6-7,14-15H,2-3,5H2,1H3. The molecule has 0 unspecified atom stereocenters. The quantitative estimate of drug-likeness (QED) is 0.864. The van der Waals surface area contributed by atoms with Crippen molar-refractivity contribution < 1.29 is 5.11 Å². The molecule has 1 aromatic carbocycles. The van der Waals surface area contributed by atoms with E-state index in [9.17, 15) is 5.11 Å². The molecule has 0 amide bonds. The predicted octanol–water partition coefficient (Wildman–Crippen LogP) is 3.05. The average molecular weight is 268 g/mol. The van der Waals surface area contributed by atoms with E-state index in [1.54, 1.807) is 0 Å². The summed E-state index contributed by atoms with van der Waals surface area (Å²) in [6.45, 7) is 3.07. The number of hydrogen-bond donors (Lipinski definition) is 2. The zero-order valence-electron chi connectivity index (χ0n) is 8.68. The zero-order chi connectivity index (χ0) is 10.8. The van der Waals surface area contributed by atoms with E-state index in [1.807, 2.05) is 12.1 Å². The van der Waals surface area contributed by atoms with Crippen LogP contribution in [0.15, 0.2) is 22.7 Å². The molecule has 0 spiro atoms. The molecule has 1 heterocycles. The molecule has 80 valence electrons. The Labute approximate surface area is 98.1 Å². The van der Waals surface area contributed by atoms with Gasteiger partial charge in [0.25, 0.3) is 0 Å². The summed E-state index contributed by atoms with van der Waals surface area (Å²) in [5.74, 6) is 0.327. The van der Waals surface area contributed by atoms with E-state index in [4.69, 9.17) is 0 Å². The van der Waals surface area contributed by atoms with Gasteiger partial charge in [-0.2, -0.15) is 0 Å². The third kappa shape index (κ3) is 2.02. The third-order valence-corrected chi connectivity index (χ3v) is 3.23. The van der Waals surface area contributed by atoms with Gasteiger partial charge in [0.15, 0.2) is 0 Å². The summed E-state index contributed by atoms with van der Waals surface area (Å²) in [6, 6.07) is 4.01. The molecule has 0 bridgehead atoms. The molecule has 0 fully saturated rings. The highest BCUT2D eigenvalue weighted by atomic mass is 79.9. The molecular weight excluding hydrogens is 254 g/mol. The topological polar surface area (TPSA) is 32.3 Å². The van der Waals surface area contributed by atoms with Crippen molar-refractivity contribution in [3.8, 4) is 5.75 Å². The molecule has 0 atom stereocenters. The fraction of sp³-hybridized carbons (Fsp3) is 0.333. The number of nitrogens with one attached hydrogen (secondary N) is 1. The van der Waals surface area contributed by atoms with Gasteiger partial charge in [-0.3, -0.25) is 0 Å². The minimum atomic E-state index is 0.327. The molecule has 0 radical (unpaired) electrons. The molecule has 0 saturated carbocycles. The van der Waals surface area contributed by atoms with E-state index in [1.165, 1.54) is 5.56 Å². The lowest BCUT2D eigenvalue weighted by molar-refractivity contribution is 0.469. The second-order valence-corrected chi connectivity index (χ2v) is 4.51. The molecule has 2 nitrogen and oxygen atoms in total. The lowest BCUT2D eigenvalue weighted by Gasteiger charge is -2.10. The van der Waals surface area contributed by atoms with Crippen LogP contribution in [0.5, 0.6) is 5.75 Å². The number of benzene rings is 1. The summed E-state index contributed by atoms with van der Waals surface area (Å²) in [6.07, 6.45) is 4.13. The number of aryl methyl sites for hydroxylation is 1. The van der Waals surface area contributed by atoms with E-state index >= 15 is 0 Å². The molecule has 0 saturated heterocycles. The zero-order valence-corrected chi connectivity index (χ0v) is 10.3. The van der Waals surface area contributed by atoms with Crippen LogP contribution in [0, 0.1) is 0 Å². The lowest BCUT2D eigenvalue weighted by atomic mass is 10.1. The van der Waals surface area contributed by atoms with Crippen LogP contribution in [-0.4, -0.2) is 11.7 Å². The summed E-state index contributed by atoms with van der Waals surface area (Å²) < 4.78 is 0.770. The van der Waals surface area contributed by atoms with Crippen molar-refractivity contribution in [2.45, 2.75) is 19.8 Å². The normalized spacial score (nSPS) is 14.9. The van der Waals surface area contributed by atoms with Gasteiger partial charge in [-0.15, -0.1) is 0 Å². The van der Waals surface area contributed by atoms with Gasteiger partial charge in [0.05, 0.1) is 4.47 Å². The maximum atomic E-state index is 9.95. The van der Waals surface area contributed by atoms with Crippen molar-refractivity contribution >= 4 is 21.6 Å². The van der Waals surface area contributed by atoms with Crippen molar-refractivity contribution in [2.75, 3.05) is 6.54 Å². The van der Waals surface area contributed by atoms with E-state index in [-0.39, 0.29) is 0 Å². The Balaban J connectivity index is 2.49. The molecule has 2 N–H and O–H groups in total. The first-order chi connectivity index (χ1) is 7.22. The van der Waals surface area contributed by atoms with E-state index in [0.29, 0.717) is 5.75 Å². The number of halogens is 1. The Hall–Kier alpha value is -0.960.